The predicted octanol–water partition coefficient (Wildman–Crippen LogP) is 3.40. The minimum Gasteiger partial charge on any atom is -0.469 e. The number of piperidine rings is 1. The molecule has 0 saturated carbocycles. The van der Waals surface area contributed by atoms with Gasteiger partial charge in [0, 0.05) is 30.9 Å². The number of hydrogen-bond acceptors (Lipinski definition) is 7. The molecule has 4 rings (SSSR count). The molecule has 0 atom stereocenters. The molecule has 0 unspecified atom stereocenters. The highest BCUT2D eigenvalue weighted by Gasteiger charge is 2.27. The molecule has 0 radical (unpaired) electrons. The van der Waals surface area contributed by atoms with Crippen molar-refractivity contribution in [2.45, 2.75) is 39.2 Å². The van der Waals surface area contributed by atoms with Gasteiger partial charge in [-0.05, 0) is 51.3 Å². The van der Waals surface area contributed by atoms with Gasteiger partial charge in [0.15, 0.2) is 5.65 Å². The number of nitrogens with one attached hydrogen (secondary N) is 1. The summed E-state index contributed by atoms with van der Waals surface area (Å²) < 4.78 is 6.77. The molecule has 31 heavy (non-hydrogen) atoms. The fourth-order valence-corrected chi connectivity index (χ4v) is 3.98. The first-order chi connectivity index (χ1) is 14.7. The van der Waals surface area contributed by atoms with Crippen LogP contribution in [0.1, 0.15) is 37.9 Å². The number of anilines is 3. The van der Waals surface area contributed by atoms with Gasteiger partial charge in [-0.15, -0.1) is 0 Å². The SMILES string of the molecule is COC(=O)C1CCN(c2cc(Nc3ccc(C(C)(C)O)cc3)nc3cc(C)nn23)CC1. The number of esters is 1. The van der Waals surface area contributed by atoms with Crippen LogP contribution in [0.25, 0.3) is 5.65 Å². The van der Waals surface area contributed by atoms with E-state index in [2.05, 4.69) is 15.3 Å². The maximum absolute atomic E-state index is 11.9. The maximum Gasteiger partial charge on any atom is 0.308 e. The van der Waals surface area contributed by atoms with Crippen LogP contribution in [0, 0.1) is 12.8 Å². The Balaban J connectivity index is 1.60. The first-order valence-corrected chi connectivity index (χ1v) is 10.5. The summed E-state index contributed by atoms with van der Waals surface area (Å²) >= 11 is 0. The third-order valence-corrected chi connectivity index (χ3v) is 5.75. The van der Waals surface area contributed by atoms with E-state index in [1.165, 1.54) is 7.11 Å². The highest BCUT2D eigenvalue weighted by atomic mass is 16.5. The van der Waals surface area contributed by atoms with E-state index in [4.69, 9.17) is 9.72 Å². The molecule has 1 fully saturated rings. The van der Waals surface area contributed by atoms with Gasteiger partial charge >= 0.3 is 5.97 Å². The highest BCUT2D eigenvalue weighted by molar-refractivity contribution is 5.73. The molecule has 1 aliphatic rings. The monoisotopic (exact) mass is 423 g/mol. The lowest BCUT2D eigenvalue weighted by Crippen LogP contribution is -2.37. The third kappa shape index (κ3) is 4.49. The predicted molar refractivity (Wildman–Crippen MR) is 120 cm³/mol. The number of aromatic nitrogens is 3. The highest BCUT2D eigenvalue weighted by Crippen LogP contribution is 2.28. The van der Waals surface area contributed by atoms with Crippen molar-refractivity contribution in [3.05, 3.63) is 47.7 Å². The molecule has 8 heteroatoms. The zero-order valence-electron chi connectivity index (χ0n) is 18.4. The number of benzene rings is 1. The minimum atomic E-state index is -0.881. The number of ether oxygens (including phenoxy) is 1. The van der Waals surface area contributed by atoms with Crippen LogP contribution >= 0.6 is 0 Å². The molecule has 0 aliphatic carbocycles. The summed E-state index contributed by atoms with van der Waals surface area (Å²) in [5.74, 6) is 1.47. The van der Waals surface area contributed by atoms with Crippen molar-refractivity contribution in [3.8, 4) is 0 Å². The number of aryl methyl sites for hydroxylation is 1. The van der Waals surface area contributed by atoms with E-state index in [0.717, 1.165) is 54.3 Å². The minimum absolute atomic E-state index is 0.0511. The average Bonchev–Trinajstić information content (AvgIpc) is 3.12. The van der Waals surface area contributed by atoms with Crippen molar-refractivity contribution in [1.29, 1.82) is 0 Å². The van der Waals surface area contributed by atoms with Gasteiger partial charge < -0.3 is 20.1 Å². The molecule has 0 amide bonds. The van der Waals surface area contributed by atoms with Crippen molar-refractivity contribution in [2.24, 2.45) is 5.92 Å². The third-order valence-electron chi connectivity index (χ3n) is 5.75. The van der Waals surface area contributed by atoms with Crippen LogP contribution in [0.15, 0.2) is 36.4 Å². The van der Waals surface area contributed by atoms with E-state index in [0.29, 0.717) is 5.82 Å². The molecular weight excluding hydrogens is 394 g/mol. The fourth-order valence-electron chi connectivity index (χ4n) is 3.98. The van der Waals surface area contributed by atoms with Gasteiger partial charge in [0.05, 0.1) is 24.3 Å². The Kier molecular flexibility index (Phi) is 5.58. The number of methoxy groups -OCH3 is 1. The van der Waals surface area contributed by atoms with Crippen molar-refractivity contribution in [1.82, 2.24) is 14.6 Å². The van der Waals surface area contributed by atoms with E-state index in [9.17, 15) is 9.90 Å². The largest absolute Gasteiger partial charge is 0.469 e. The van der Waals surface area contributed by atoms with E-state index >= 15 is 0 Å². The summed E-state index contributed by atoms with van der Waals surface area (Å²) in [4.78, 5) is 18.8. The van der Waals surface area contributed by atoms with Gasteiger partial charge in [-0.3, -0.25) is 4.79 Å². The molecule has 1 saturated heterocycles. The molecule has 0 spiro atoms. The zero-order chi connectivity index (χ0) is 22.2. The van der Waals surface area contributed by atoms with E-state index < -0.39 is 5.60 Å². The normalized spacial score (nSPS) is 15.3. The summed E-state index contributed by atoms with van der Waals surface area (Å²) in [6, 6.07) is 11.6. The Bertz CT molecular complexity index is 1080. The van der Waals surface area contributed by atoms with Crippen LogP contribution in [-0.2, 0) is 15.1 Å². The summed E-state index contributed by atoms with van der Waals surface area (Å²) in [7, 11) is 1.44. The van der Waals surface area contributed by atoms with Crippen LogP contribution in [0.4, 0.5) is 17.3 Å². The van der Waals surface area contributed by atoms with Crippen LogP contribution < -0.4 is 10.2 Å². The van der Waals surface area contributed by atoms with Gasteiger partial charge in [-0.25, -0.2) is 4.98 Å². The summed E-state index contributed by atoms with van der Waals surface area (Å²) in [6.45, 7) is 6.98. The number of hydrogen-bond donors (Lipinski definition) is 2. The Morgan fingerprint density at radius 3 is 2.48 bits per heavy atom. The Labute approximate surface area is 181 Å². The number of carbonyl (C=O) groups excluding carboxylic acids is 1. The first-order valence-electron chi connectivity index (χ1n) is 10.5. The molecule has 2 N–H and O–H groups in total. The van der Waals surface area contributed by atoms with E-state index in [-0.39, 0.29) is 11.9 Å². The van der Waals surface area contributed by atoms with Crippen LogP contribution in [0.2, 0.25) is 0 Å². The van der Waals surface area contributed by atoms with Crippen molar-refractivity contribution >= 4 is 28.9 Å². The summed E-state index contributed by atoms with van der Waals surface area (Å²) in [6.07, 6.45) is 1.50. The summed E-state index contributed by atoms with van der Waals surface area (Å²) in [5.41, 5.74) is 2.51. The fraction of sp³-hybridized carbons (Fsp3) is 0.435. The topological polar surface area (TPSA) is 92.0 Å². The maximum atomic E-state index is 11.9. The quantitative estimate of drug-likeness (QED) is 0.608. The smallest absolute Gasteiger partial charge is 0.308 e. The van der Waals surface area contributed by atoms with Crippen LogP contribution in [0.3, 0.4) is 0 Å². The Morgan fingerprint density at radius 1 is 1.19 bits per heavy atom. The molecule has 1 aromatic carbocycles. The number of carbonyl (C=O) groups is 1. The Morgan fingerprint density at radius 2 is 1.87 bits per heavy atom. The molecule has 1 aliphatic heterocycles. The van der Waals surface area contributed by atoms with Crippen molar-refractivity contribution < 1.29 is 14.6 Å². The number of aliphatic hydroxyl groups is 1. The zero-order valence-corrected chi connectivity index (χ0v) is 18.4. The molecule has 2 aromatic heterocycles. The van der Waals surface area contributed by atoms with Crippen molar-refractivity contribution in [2.75, 3.05) is 30.4 Å². The van der Waals surface area contributed by atoms with Crippen LogP contribution in [-0.4, -0.2) is 45.9 Å². The molecule has 3 heterocycles. The number of nitrogens with zero attached hydrogens (tertiary/aromatic N) is 4. The molecule has 3 aromatic rings. The van der Waals surface area contributed by atoms with Gasteiger partial charge in [-0.1, -0.05) is 12.1 Å². The Hall–Kier alpha value is -3.13. The van der Waals surface area contributed by atoms with Gasteiger partial charge in [0.1, 0.15) is 11.6 Å². The second kappa shape index (κ2) is 8.19. The van der Waals surface area contributed by atoms with E-state index in [1.54, 1.807) is 13.8 Å². The van der Waals surface area contributed by atoms with Crippen LogP contribution in [0.5, 0.6) is 0 Å². The molecule has 8 nitrogen and oxygen atoms in total. The summed E-state index contributed by atoms with van der Waals surface area (Å²) in [5, 5.41) is 18.1. The number of fused-ring (bicyclic) bond motifs is 1. The number of rotatable bonds is 5. The average molecular weight is 424 g/mol. The second-order valence-electron chi connectivity index (χ2n) is 8.60. The van der Waals surface area contributed by atoms with E-state index in [1.807, 2.05) is 47.8 Å². The molecule has 0 bridgehead atoms. The first kappa shape index (κ1) is 21.1. The lowest BCUT2D eigenvalue weighted by atomic mass is 9.97. The second-order valence-corrected chi connectivity index (χ2v) is 8.60. The van der Waals surface area contributed by atoms with Crippen molar-refractivity contribution in [3.63, 3.8) is 0 Å². The molecule has 164 valence electrons. The lowest BCUT2D eigenvalue weighted by Gasteiger charge is -2.32. The lowest BCUT2D eigenvalue weighted by molar-refractivity contribution is -0.146. The standard InChI is InChI=1S/C23H29N5O3/c1-15-13-20-25-19(24-18-7-5-17(6-8-18)23(2,3)30)14-21(28(20)26-15)27-11-9-16(10-12-27)22(29)31-4/h5-8,13-14,16,30H,9-12H2,1-4H3,(H,24,25). The van der Waals surface area contributed by atoms with Gasteiger partial charge in [0.2, 0.25) is 0 Å². The van der Waals surface area contributed by atoms with Gasteiger partial charge in [-0.2, -0.15) is 9.61 Å². The molecular formula is C23H29N5O3. The van der Waals surface area contributed by atoms with Gasteiger partial charge in [0.25, 0.3) is 0 Å².